The molecule has 0 atom stereocenters. The van der Waals surface area contributed by atoms with Gasteiger partial charge in [-0.3, -0.25) is 4.79 Å². The summed E-state index contributed by atoms with van der Waals surface area (Å²) in [5.74, 6) is -0.323. The Bertz CT molecular complexity index is 679. The van der Waals surface area contributed by atoms with Crippen LogP contribution in [0.25, 0.3) is 0 Å². The van der Waals surface area contributed by atoms with Crippen molar-refractivity contribution in [2.45, 2.75) is 50.1 Å². The fraction of sp³-hybridized carbons (Fsp3) is 0.533. The van der Waals surface area contributed by atoms with E-state index in [1.807, 2.05) is 13.8 Å². The van der Waals surface area contributed by atoms with Gasteiger partial charge in [-0.2, -0.15) is 0 Å². The molecule has 1 amide bonds. The molecule has 1 fully saturated rings. The summed E-state index contributed by atoms with van der Waals surface area (Å²) in [6.07, 6.45) is 1.73. The van der Waals surface area contributed by atoms with Crippen molar-refractivity contribution in [3.63, 3.8) is 0 Å². The van der Waals surface area contributed by atoms with Crippen molar-refractivity contribution >= 4 is 15.9 Å². The van der Waals surface area contributed by atoms with Gasteiger partial charge in [-0.15, -0.1) is 0 Å². The largest absolute Gasteiger partial charge is 0.346 e. The summed E-state index contributed by atoms with van der Waals surface area (Å²) in [6, 6.07) is 4.61. The van der Waals surface area contributed by atoms with Crippen LogP contribution in [0.3, 0.4) is 0 Å². The lowest BCUT2D eigenvalue weighted by Gasteiger charge is -2.24. The van der Waals surface area contributed by atoms with Gasteiger partial charge < -0.3 is 11.1 Å². The van der Waals surface area contributed by atoms with Gasteiger partial charge in [0.15, 0.2) is 0 Å². The van der Waals surface area contributed by atoms with E-state index in [0.717, 1.165) is 18.4 Å². The van der Waals surface area contributed by atoms with E-state index in [4.69, 9.17) is 5.73 Å². The fourth-order valence-electron chi connectivity index (χ4n) is 1.93. The molecule has 4 N–H and O–H groups in total. The molecule has 1 aliphatic rings. The zero-order valence-electron chi connectivity index (χ0n) is 13.1. The highest BCUT2D eigenvalue weighted by molar-refractivity contribution is 7.89. The molecule has 7 heteroatoms. The van der Waals surface area contributed by atoms with Crippen LogP contribution < -0.4 is 15.8 Å². The molecule has 0 bridgehead atoms. The summed E-state index contributed by atoms with van der Waals surface area (Å²) in [5, 5.41) is 2.82. The van der Waals surface area contributed by atoms with Gasteiger partial charge in [-0.25, -0.2) is 13.1 Å². The Morgan fingerprint density at radius 3 is 2.55 bits per heavy atom. The maximum Gasteiger partial charge on any atom is 0.252 e. The van der Waals surface area contributed by atoms with E-state index in [1.54, 1.807) is 13.0 Å². The molecule has 122 valence electrons. The van der Waals surface area contributed by atoms with Crippen LogP contribution in [0.2, 0.25) is 0 Å². The quantitative estimate of drug-likeness (QED) is 0.723. The minimum atomic E-state index is -3.57. The second kappa shape index (κ2) is 5.98. The average molecular weight is 325 g/mol. The number of nitrogens with one attached hydrogen (secondary N) is 2. The summed E-state index contributed by atoms with van der Waals surface area (Å²) in [5.41, 5.74) is 6.13. The monoisotopic (exact) mass is 325 g/mol. The van der Waals surface area contributed by atoms with Gasteiger partial charge in [0.25, 0.3) is 5.91 Å². The molecular formula is C15H23N3O3S. The molecule has 0 spiro atoms. The Morgan fingerprint density at radius 1 is 1.36 bits per heavy atom. The number of hydrogen-bond acceptors (Lipinski definition) is 4. The maximum atomic E-state index is 12.4. The van der Waals surface area contributed by atoms with Gasteiger partial charge in [-0.05, 0) is 51.3 Å². The first-order valence-electron chi connectivity index (χ1n) is 7.30. The van der Waals surface area contributed by atoms with Crippen LogP contribution in [0, 0.1) is 6.92 Å². The third-order valence-electron chi connectivity index (χ3n) is 3.63. The Labute approximate surface area is 131 Å². The van der Waals surface area contributed by atoms with E-state index < -0.39 is 15.6 Å². The minimum absolute atomic E-state index is 0.0275. The highest BCUT2D eigenvalue weighted by atomic mass is 32.2. The Kier molecular flexibility index (Phi) is 4.60. The normalized spacial score (nSPS) is 15.6. The summed E-state index contributed by atoms with van der Waals surface area (Å²) < 4.78 is 27.1. The predicted molar refractivity (Wildman–Crippen MR) is 85.1 cm³/mol. The fourth-order valence-corrected chi connectivity index (χ4v) is 3.26. The van der Waals surface area contributed by atoms with Gasteiger partial charge >= 0.3 is 0 Å². The first-order valence-corrected chi connectivity index (χ1v) is 8.78. The first kappa shape index (κ1) is 16.9. The van der Waals surface area contributed by atoms with Crippen LogP contribution in [0.4, 0.5) is 0 Å². The molecule has 0 heterocycles. The molecule has 2 rings (SSSR count). The number of carbonyl (C=O) groups excluding carboxylic acids is 1. The third kappa shape index (κ3) is 4.06. The van der Waals surface area contributed by atoms with E-state index in [2.05, 4.69) is 10.0 Å². The summed E-state index contributed by atoms with van der Waals surface area (Å²) in [4.78, 5) is 12.5. The lowest BCUT2D eigenvalue weighted by atomic mass is 10.0. The van der Waals surface area contributed by atoms with E-state index in [-0.39, 0.29) is 16.8 Å². The molecule has 0 unspecified atom stereocenters. The molecule has 22 heavy (non-hydrogen) atoms. The van der Waals surface area contributed by atoms with Crippen LogP contribution in [-0.2, 0) is 10.0 Å². The predicted octanol–water partition coefficient (Wildman–Crippen LogP) is 0.903. The number of hydrogen-bond donors (Lipinski definition) is 3. The Hall–Kier alpha value is -1.44. The van der Waals surface area contributed by atoms with Crippen molar-refractivity contribution in [3.05, 3.63) is 29.3 Å². The molecular weight excluding hydrogens is 302 g/mol. The maximum absolute atomic E-state index is 12.4. The van der Waals surface area contributed by atoms with Crippen LogP contribution >= 0.6 is 0 Å². The second-order valence-electron chi connectivity index (χ2n) is 6.41. The molecule has 1 aliphatic carbocycles. The van der Waals surface area contributed by atoms with Crippen LogP contribution in [0.15, 0.2) is 23.1 Å². The SMILES string of the molecule is Cc1ccc(S(=O)(=O)NC2CC2)cc1C(=O)NC(C)(C)CN. The van der Waals surface area contributed by atoms with Crippen LogP contribution in [0.5, 0.6) is 0 Å². The highest BCUT2D eigenvalue weighted by Crippen LogP contribution is 2.23. The smallest absolute Gasteiger partial charge is 0.252 e. The van der Waals surface area contributed by atoms with Gasteiger partial charge in [0.1, 0.15) is 0 Å². The molecule has 0 aliphatic heterocycles. The Morgan fingerprint density at radius 2 is 2.00 bits per heavy atom. The number of benzene rings is 1. The Balaban J connectivity index is 2.28. The standard InChI is InChI=1S/C15H23N3O3S/c1-10-4-7-12(22(20,21)18-11-5-6-11)8-13(10)14(19)17-15(2,3)9-16/h4,7-8,11,18H,5-6,9,16H2,1-3H3,(H,17,19). The average Bonchev–Trinajstić information content (AvgIpc) is 3.21. The lowest BCUT2D eigenvalue weighted by Crippen LogP contribution is -2.49. The number of sulfonamides is 1. The summed E-state index contributed by atoms with van der Waals surface area (Å²) >= 11 is 0. The molecule has 1 aromatic carbocycles. The van der Waals surface area contributed by atoms with Gasteiger partial charge in [0, 0.05) is 23.7 Å². The minimum Gasteiger partial charge on any atom is -0.346 e. The molecule has 0 saturated heterocycles. The van der Waals surface area contributed by atoms with Gasteiger partial charge in [0.2, 0.25) is 10.0 Å². The van der Waals surface area contributed by atoms with Crippen LogP contribution in [0.1, 0.15) is 42.6 Å². The van der Waals surface area contributed by atoms with Crippen molar-refractivity contribution in [3.8, 4) is 0 Å². The molecule has 0 radical (unpaired) electrons. The van der Waals surface area contributed by atoms with Crippen molar-refractivity contribution in [2.24, 2.45) is 5.73 Å². The van der Waals surface area contributed by atoms with Gasteiger partial charge in [0.05, 0.1) is 4.90 Å². The highest BCUT2D eigenvalue weighted by Gasteiger charge is 2.29. The number of amides is 1. The summed E-state index contributed by atoms with van der Waals surface area (Å²) in [7, 11) is -3.57. The topological polar surface area (TPSA) is 101 Å². The van der Waals surface area contributed by atoms with E-state index in [0.29, 0.717) is 12.1 Å². The van der Waals surface area contributed by atoms with E-state index in [1.165, 1.54) is 12.1 Å². The number of nitrogens with two attached hydrogens (primary N) is 1. The van der Waals surface area contributed by atoms with E-state index in [9.17, 15) is 13.2 Å². The van der Waals surface area contributed by atoms with Crippen molar-refractivity contribution in [1.82, 2.24) is 10.0 Å². The first-order chi connectivity index (χ1) is 10.1. The van der Waals surface area contributed by atoms with Crippen LogP contribution in [-0.4, -0.2) is 32.5 Å². The molecule has 0 aromatic heterocycles. The zero-order valence-corrected chi connectivity index (χ0v) is 14.0. The molecule has 1 aromatic rings. The molecule has 6 nitrogen and oxygen atoms in total. The van der Waals surface area contributed by atoms with Crippen molar-refractivity contribution in [2.75, 3.05) is 6.54 Å². The third-order valence-corrected chi connectivity index (χ3v) is 5.14. The number of rotatable bonds is 6. The number of aryl methyl sites for hydroxylation is 1. The zero-order chi connectivity index (χ0) is 16.5. The molecule has 1 saturated carbocycles. The summed E-state index contributed by atoms with van der Waals surface area (Å²) in [6.45, 7) is 5.69. The van der Waals surface area contributed by atoms with Gasteiger partial charge in [-0.1, -0.05) is 6.07 Å². The van der Waals surface area contributed by atoms with E-state index >= 15 is 0 Å². The van der Waals surface area contributed by atoms with Crippen molar-refractivity contribution < 1.29 is 13.2 Å². The second-order valence-corrected chi connectivity index (χ2v) is 8.13. The van der Waals surface area contributed by atoms with Crippen molar-refractivity contribution in [1.29, 1.82) is 0 Å². The number of carbonyl (C=O) groups is 1. The lowest BCUT2D eigenvalue weighted by molar-refractivity contribution is 0.0915.